The van der Waals surface area contributed by atoms with Gasteiger partial charge in [0.1, 0.15) is 5.75 Å². The van der Waals surface area contributed by atoms with E-state index in [0.29, 0.717) is 18.0 Å². The fraction of sp³-hybridized carbons (Fsp3) is 0.385. The summed E-state index contributed by atoms with van der Waals surface area (Å²) in [6, 6.07) is 4.68. The lowest BCUT2D eigenvalue weighted by Gasteiger charge is -2.16. The Labute approximate surface area is 112 Å². The van der Waals surface area contributed by atoms with Crippen LogP contribution in [-0.2, 0) is 4.79 Å². The zero-order chi connectivity index (χ0) is 14.4. The Hall–Kier alpha value is -2.24. The molecule has 1 unspecified atom stereocenters. The van der Waals surface area contributed by atoms with Crippen LogP contribution in [0.25, 0.3) is 0 Å². The van der Waals surface area contributed by atoms with Crippen molar-refractivity contribution in [2.75, 3.05) is 12.3 Å². The van der Waals surface area contributed by atoms with E-state index in [1.807, 2.05) is 0 Å². The predicted molar refractivity (Wildman–Crippen MR) is 72.9 cm³/mol. The molecule has 1 rings (SSSR count). The molecule has 1 aromatic carbocycles. The zero-order valence-corrected chi connectivity index (χ0v) is 11.3. The van der Waals surface area contributed by atoms with Crippen molar-refractivity contribution in [3.8, 4) is 5.75 Å². The lowest BCUT2D eigenvalue weighted by atomic mass is 10.2. The second-order valence-corrected chi connectivity index (χ2v) is 4.08. The molecule has 0 aliphatic heterocycles. The first kappa shape index (κ1) is 14.8. The largest absolute Gasteiger partial charge is 0.481 e. The topological polar surface area (TPSA) is 93.5 Å². The monoisotopic (exact) mass is 265 g/mol. The van der Waals surface area contributed by atoms with Crippen molar-refractivity contribution in [3.05, 3.63) is 23.8 Å². The number of hydrogen-bond donors (Lipinski definition) is 3. The Morgan fingerprint density at radius 2 is 2.11 bits per heavy atom. The molecular weight excluding hydrogens is 246 g/mol. The van der Waals surface area contributed by atoms with Gasteiger partial charge in [-0.1, -0.05) is 6.07 Å². The molecule has 4 N–H and O–H groups in total. The SMILES string of the molecule is CCNC(=O)NC(=O)C(C)Oc1cccc(N)c1C. The van der Waals surface area contributed by atoms with Gasteiger partial charge in [0, 0.05) is 17.8 Å². The number of anilines is 1. The highest BCUT2D eigenvalue weighted by atomic mass is 16.5. The van der Waals surface area contributed by atoms with Crippen LogP contribution in [0, 0.1) is 6.92 Å². The third kappa shape index (κ3) is 4.17. The first-order valence-corrected chi connectivity index (χ1v) is 6.06. The summed E-state index contributed by atoms with van der Waals surface area (Å²) in [6.45, 7) is 5.58. The number of urea groups is 1. The van der Waals surface area contributed by atoms with Gasteiger partial charge in [-0.2, -0.15) is 0 Å². The van der Waals surface area contributed by atoms with Crippen LogP contribution in [0.2, 0.25) is 0 Å². The van der Waals surface area contributed by atoms with Crippen LogP contribution < -0.4 is 21.1 Å². The van der Waals surface area contributed by atoms with E-state index in [1.165, 1.54) is 0 Å². The summed E-state index contributed by atoms with van der Waals surface area (Å²) in [7, 11) is 0. The molecule has 0 heterocycles. The molecule has 1 aromatic rings. The highest BCUT2D eigenvalue weighted by molar-refractivity contribution is 5.96. The molecule has 0 aromatic heterocycles. The number of carbonyl (C=O) groups excluding carboxylic acids is 2. The van der Waals surface area contributed by atoms with Gasteiger partial charge in [-0.25, -0.2) is 4.79 Å². The number of nitrogens with two attached hydrogens (primary N) is 1. The maximum absolute atomic E-state index is 11.7. The molecule has 6 heteroatoms. The van der Waals surface area contributed by atoms with Crippen LogP contribution in [0.3, 0.4) is 0 Å². The van der Waals surface area contributed by atoms with E-state index < -0.39 is 18.0 Å². The van der Waals surface area contributed by atoms with E-state index in [4.69, 9.17) is 10.5 Å². The van der Waals surface area contributed by atoms with Gasteiger partial charge in [-0.05, 0) is 32.9 Å². The summed E-state index contributed by atoms with van der Waals surface area (Å²) in [5, 5.41) is 4.66. The van der Waals surface area contributed by atoms with Gasteiger partial charge in [-0.15, -0.1) is 0 Å². The normalized spacial score (nSPS) is 11.5. The lowest BCUT2D eigenvalue weighted by molar-refractivity contribution is -0.126. The van der Waals surface area contributed by atoms with Gasteiger partial charge in [0.25, 0.3) is 5.91 Å². The van der Waals surface area contributed by atoms with E-state index in [0.717, 1.165) is 5.56 Å². The minimum atomic E-state index is -0.789. The third-order valence-corrected chi connectivity index (χ3v) is 2.57. The minimum Gasteiger partial charge on any atom is -0.481 e. The summed E-state index contributed by atoms with van der Waals surface area (Å²) in [5.74, 6) is 0.0197. The number of rotatable bonds is 4. The van der Waals surface area contributed by atoms with Crippen molar-refractivity contribution in [1.29, 1.82) is 0 Å². The van der Waals surface area contributed by atoms with Crippen molar-refractivity contribution in [2.45, 2.75) is 26.9 Å². The molecule has 0 bridgehead atoms. The number of ether oxygens (including phenoxy) is 1. The first-order chi connectivity index (χ1) is 8.95. The fourth-order valence-electron chi connectivity index (χ4n) is 1.42. The summed E-state index contributed by atoms with van der Waals surface area (Å²) >= 11 is 0. The zero-order valence-electron chi connectivity index (χ0n) is 11.3. The average Bonchev–Trinajstić information content (AvgIpc) is 2.35. The number of nitrogens with one attached hydrogen (secondary N) is 2. The molecule has 3 amide bonds. The molecule has 0 saturated carbocycles. The Morgan fingerprint density at radius 3 is 2.74 bits per heavy atom. The molecule has 104 valence electrons. The quantitative estimate of drug-likeness (QED) is 0.713. The van der Waals surface area contributed by atoms with E-state index in [2.05, 4.69) is 10.6 Å². The van der Waals surface area contributed by atoms with Crippen LogP contribution in [-0.4, -0.2) is 24.6 Å². The molecule has 0 aliphatic carbocycles. The van der Waals surface area contributed by atoms with Crippen LogP contribution in [0.5, 0.6) is 5.75 Å². The van der Waals surface area contributed by atoms with Crippen molar-refractivity contribution in [1.82, 2.24) is 10.6 Å². The highest BCUT2D eigenvalue weighted by Crippen LogP contribution is 2.23. The summed E-state index contributed by atoms with van der Waals surface area (Å²) in [6.07, 6.45) is -0.789. The summed E-state index contributed by atoms with van der Waals surface area (Å²) < 4.78 is 5.49. The standard InChI is InChI=1S/C13H19N3O3/c1-4-15-13(18)16-12(17)9(3)19-11-7-5-6-10(14)8(11)2/h5-7,9H,4,14H2,1-3H3,(H2,15,16,17,18). The summed E-state index contributed by atoms with van der Waals surface area (Å²) in [5.41, 5.74) is 7.10. The molecular formula is C13H19N3O3. The first-order valence-electron chi connectivity index (χ1n) is 6.06. The number of amides is 3. The molecule has 0 aliphatic rings. The number of nitrogen functional groups attached to an aromatic ring is 1. The highest BCUT2D eigenvalue weighted by Gasteiger charge is 2.18. The van der Waals surface area contributed by atoms with E-state index in [-0.39, 0.29) is 0 Å². The van der Waals surface area contributed by atoms with Crippen LogP contribution in [0.4, 0.5) is 10.5 Å². The minimum absolute atomic E-state index is 0.447. The van der Waals surface area contributed by atoms with Crippen LogP contribution >= 0.6 is 0 Å². The lowest BCUT2D eigenvalue weighted by Crippen LogP contribution is -2.45. The maximum atomic E-state index is 11.7. The smallest absolute Gasteiger partial charge is 0.321 e. The number of hydrogen-bond acceptors (Lipinski definition) is 4. The summed E-state index contributed by atoms with van der Waals surface area (Å²) in [4.78, 5) is 22.9. The van der Waals surface area contributed by atoms with Gasteiger partial charge >= 0.3 is 6.03 Å². The van der Waals surface area contributed by atoms with Crippen molar-refractivity contribution in [2.24, 2.45) is 0 Å². The third-order valence-electron chi connectivity index (χ3n) is 2.57. The Balaban J connectivity index is 2.64. The molecule has 0 radical (unpaired) electrons. The molecule has 0 saturated heterocycles. The van der Waals surface area contributed by atoms with E-state index in [1.54, 1.807) is 39.0 Å². The number of benzene rings is 1. The van der Waals surface area contributed by atoms with Gasteiger partial charge < -0.3 is 15.8 Å². The Morgan fingerprint density at radius 1 is 1.42 bits per heavy atom. The molecule has 19 heavy (non-hydrogen) atoms. The predicted octanol–water partition coefficient (Wildman–Crippen LogP) is 1.19. The van der Waals surface area contributed by atoms with E-state index >= 15 is 0 Å². The number of carbonyl (C=O) groups is 2. The number of imide groups is 1. The Kier molecular flexibility index (Phi) is 5.17. The van der Waals surface area contributed by atoms with Gasteiger partial charge in [0.15, 0.2) is 6.10 Å². The fourth-order valence-corrected chi connectivity index (χ4v) is 1.42. The molecule has 0 fully saturated rings. The van der Waals surface area contributed by atoms with Crippen molar-refractivity contribution < 1.29 is 14.3 Å². The van der Waals surface area contributed by atoms with Gasteiger partial charge in [-0.3, -0.25) is 10.1 Å². The van der Waals surface area contributed by atoms with Crippen molar-refractivity contribution >= 4 is 17.6 Å². The molecule has 6 nitrogen and oxygen atoms in total. The van der Waals surface area contributed by atoms with Crippen LogP contribution in [0.1, 0.15) is 19.4 Å². The van der Waals surface area contributed by atoms with E-state index in [9.17, 15) is 9.59 Å². The van der Waals surface area contributed by atoms with Crippen LogP contribution in [0.15, 0.2) is 18.2 Å². The Bertz CT molecular complexity index is 474. The van der Waals surface area contributed by atoms with Gasteiger partial charge in [0.05, 0.1) is 0 Å². The maximum Gasteiger partial charge on any atom is 0.321 e. The molecule has 0 spiro atoms. The average molecular weight is 265 g/mol. The molecule has 1 atom stereocenters. The van der Waals surface area contributed by atoms with Gasteiger partial charge in [0.2, 0.25) is 0 Å². The van der Waals surface area contributed by atoms with Crippen molar-refractivity contribution in [3.63, 3.8) is 0 Å². The second-order valence-electron chi connectivity index (χ2n) is 4.08. The second kappa shape index (κ2) is 6.63.